The van der Waals surface area contributed by atoms with Crippen LogP contribution in [0.2, 0.25) is 0 Å². The number of benzene rings is 1. The van der Waals surface area contributed by atoms with E-state index in [9.17, 15) is 29.5 Å². The molecule has 49 heavy (non-hydrogen) atoms. The quantitative estimate of drug-likeness (QED) is 0.379. The molecule has 3 saturated carbocycles. The molecule has 9 atom stereocenters. The number of nitriles is 1. The predicted molar refractivity (Wildman–Crippen MR) is 184 cm³/mol. The lowest BCUT2D eigenvalue weighted by Crippen LogP contribution is -2.73. The monoisotopic (exact) mass is 669 g/mol. The lowest BCUT2D eigenvalue weighted by Gasteiger charge is -2.71. The van der Waals surface area contributed by atoms with Gasteiger partial charge in [-0.15, -0.1) is 0 Å². The van der Waals surface area contributed by atoms with Crippen LogP contribution in [-0.4, -0.2) is 59.9 Å². The fourth-order valence-electron chi connectivity index (χ4n) is 11.1. The molecule has 0 radical (unpaired) electrons. The molecule has 1 aromatic carbocycles. The minimum absolute atomic E-state index is 0.00676. The van der Waals surface area contributed by atoms with Crippen molar-refractivity contribution in [1.29, 1.82) is 5.26 Å². The number of likely N-dealkylation sites (N-methyl/N-ethyl adjacent to an activating group) is 1. The molecule has 0 aliphatic heterocycles. The number of Topliss-reactive ketones (excluding diaryl/α,β-unsaturated/α-hetero) is 1. The van der Waals surface area contributed by atoms with Gasteiger partial charge >= 0.3 is 6.09 Å². The van der Waals surface area contributed by atoms with Crippen LogP contribution in [0.3, 0.4) is 0 Å². The Labute approximate surface area is 290 Å². The van der Waals surface area contributed by atoms with Crippen molar-refractivity contribution >= 4 is 23.6 Å². The Hall–Kier alpha value is -3.77. The van der Waals surface area contributed by atoms with Gasteiger partial charge in [0.1, 0.15) is 17.7 Å². The number of allylic oxidation sites excluding steroid dienone is 3. The summed E-state index contributed by atoms with van der Waals surface area (Å²) in [4.78, 5) is 55.3. The summed E-state index contributed by atoms with van der Waals surface area (Å²) in [5.41, 5.74) is -2.46. The third kappa shape index (κ3) is 5.03. The van der Waals surface area contributed by atoms with E-state index in [0.29, 0.717) is 31.4 Å². The van der Waals surface area contributed by atoms with Crippen molar-refractivity contribution in [3.63, 3.8) is 0 Å². The normalized spacial score (nSPS) is 40.1. The maximum Gasteiger partial charge on any atom is 0.407 e. The Kier molecular flexibility index (Phi) is 8.34. The van der Waals surface area contributed by atoms with Crippen LogP contribution >= 0.6 is 0 Å². The van der Waals surface area contributed by atoms with Crippen molar-refractivity contribution < 1.29 is 29.0 Å². The number of alkyl carbamates (subject to hydrolysis) is 1. The van der Waals surface area contributed by atoms with Crippen LogP contribution in [0.15, 0.2) is 53.6 Å². The van der Waals surface area contributed by atoms with Crippen molar-refractivity contribution in [2.45, 2.75) is 97.6 Å². The van der Waals surface area contributed by atoms with Crippen molar-refractivity contribution in [2.75, 3.05) is 20.7 Å². The molecule has 6 rings (SSSR count). The van der Waals surface area contributed by atoms with Gasteiger partial charge in [0.05, 0.1) is 12.7 Å². The SMILES string of the molecule is COC(=O)NC(C(=O)N(C)C[C@@]1(C)CC[C@]2(C)CC[C@@]3(C)[C@]4(C)CC[C@H]5CC(=O)C(C#N)=C[C@]5(C)C4=CC(=O)[C@]3(O)[C@@H]2C1)c1ccccc1. The Morgan fingerprint density at radius 1 is 1.06 bits per heavy atom. The molecule has 0 bridgehead atoms. The number of rotatable bonds is 5. The first-order chi connectivity index (χ1) is 22.9. The lowest BCUT2D eigenvalue weighted by molar-refractivity contribution is -0.242. The first-order valence-corrected chi connectivity index (χ1v) is 17.7. The number of nitrogens with one attached hydrogen (secondary N) is 1. The number of ketones is 2. The number of aliphatic hydroxyl groups is 1. The Morgan fingerprint density at radius 3 is 2.39 bits per heavy atom. The molecule has 262 valence electrons. The number of nitrogens with zero attached hydrogens (tertiary/aromatic N) is 2. The molecule has 2 amide bonds. The van der Waals surface area contributed by atoms with Crippen LogP contribution in [0.4, 0.5) is 4.79 Å². The van der Waals surface area contributed by atoms with Gasteiger partial charge in [-0.3, -0.25) is 14.4 Å². The number of methoxy groups -OCH3 is 1. The van der Waals surface area contributed by atoms with Crippen LogP contribution in [-0.2, 0) is 19.1 Å². The average Bonchev–Trinajstić information content (AvgIpc) is 3.07. The zero-order chi connectivity index (χ0) is 35.8. The second-order valence-electron chi connectivity index (χ2n) is 17.1. The minimum Gasteiger partial charge on any atom is -0.453 e. The van der Waals surface area contributed by atoms with E-state index < -0.39 is 39.4 Å². The maximum absolute atomic E-state index is 14.7. The van der Waals surface area contributed by atoms with Crippen LogP contribution < -0.4 is 5.32 Å². The largest absolute Gasteiger partial charge is 0.453 e. The van der Waals surface area contributed by atoms with E-state index in [4.69, 9.17) is 4.74 Å². The molecule has 5 aliphatic rings. The predicted octanol–water partition coefficient (Wildman–Crippen LogP) is 6.24. The molecule has 0 saturated heterocycles. The van der Waals surface area contributed by atoms with E-state index in [1.54, 1.807) is 30.2 Å². The molecular formula is C40H51N3O6. The highest BCUT2D eigenvalue weighted by atomic mass is 16.5. The van der Waals surface area contributed by atoms with Gasteiger partial charge in [-0.2, -0.15) is 5.26 Å². The highest BCUT2D eigenvalue weighted by molar-refractivity contribution is 6.02. The van der Waals surface area contributed by atoms with E-state index in [1.165, 1.54) is 7.11 Å². The molecule has 5 aliphatic carbocycles. The van der Waals surface area contributed by atoms with Crippen LogP contribution in [0.5, 0.6) is 0 Å². The third-order valence-corrected chi connectivity index (χ3v) is 14.4. The zero-order valence-corrected chi connectivity index (χ0v) is 30.0. The van der Waals surface area contributed by atoms with E-state index in [1.807, 2.05) is 24.3 Å². The van der Waals surface area contributed by atoms with E-state index in [0.717, 1.165) is 37.7 Å². The molecule has 1 aromatic rings. The molecule has 0 heterocycles. The van der Waals surface area contributed by atoms with Gasteiger partial charge in [-0.25, -0.2) is 4.79 Å². The smallest absolute Gasteiger partial charge is 0.407 e. The van der Waals surface area contributed by atoms with Crippen LogP contribution in [0.1, 0.15) is 97.6 Å². The van der Waals surface area contributed by atoms with Gasteiger partial charge in [0.15, 0.2) is 11.6 Å². The summed E-state index contributed by atoms with van der Waals surface area (Å²) < 4.78 is 4.83. The number of amides is 2. The highest BCUT2D eigenvalue weighted by Gasteiger charge is 2.74. The summed E-state index contributed by atoms with van der Waals surface area (Å²) in [6.45, 7) is 11.1. The summed E-state index contributed by atoms with van der Waals surface area (Å²) in [5, 5.41) is 25.7. The van der Waals surface area contributed by atoms with Gasteiger partial charge in [0, 0.05) is 36.8 Å². The summed E-state index contributed by atoms with van der Waals surface area (Å²) >= 11 is 0. The second-order valence-corrected chi connectivity index (χ2v) is 17.1. The van der Waals surface area contributed by atoms with Crippen LogP contribution in [0.25, 0.3) is 0 Å². The van der Waals surface area contributed by atoms with Gasteiger partial charge in [-0.1, -0.05) is 71.0 Å². The van der Waals surface area contributed by atoms with E-state index in [2.05, 4.69) is 46.0 Å². The molecule has 3 fully saturated rings. The number of fused-ring (bicyclic) bond motifs is 7. The number of carbonyl (C=O) groups excluding carboxylic acids is 4. The standard InChI is InChI=1S/C40H51N3O6/c1-35(24-43(6)33(46)32(42-34(47)49-7)25-11-9-8-10-12-25)15-16-36(2)17-18-39(5)38(4)14-13-27-19-28(44)26(23-41)21-37(27,3)29(38)20-31(45)40(39,48)30(36)22-35/h8-12,20-21,27,30,32,48H,13-19,22,24H2,1-7H3,(H,42,47)/t27-,30+,32?,35-,36+,37-,38+,39-,40+/m0/s1. The molecule has 9 heteroatoms. The number of ether oxygens (including phenoxy) is 1. The Bertz CT molecular complexity index is 1700. The van der Waals surface area contributed by atoms with Crippen molar-refractivity contribution in [3.8, 4) is 6.07 Å². The number of hydrogen-bond donors (Lipinski definition) is 2. The van der Waals surface area contributed by atoms with E-state index in [-0.39, 0.29) is 40.3 Å². The first-order valence-electron chi connectivity index (χ1n) is 17.7. The summed E-state index contributed by atoms with van der Waals surface area (Å²) in [7, 11) is 3.01. The molecule has 1 unspecified atom stereocenters. The molecule has 2 N–H and O–H groups in total. The first kappa shape index (κ1) is 35.1. The van der Waals surface area contributed by atoms with Gasteiger partial charge in [0.2, 0.25) is 5.91 Å². The summed E-state index contributed by atoms with van der Waals surface area (Å²) in [5.74, 6) is -1.01. The second kappa shape index (κ2) is 11.7. The molecule has 0 aromatic heterocycles. The minimum atomic E-state index is -1.63. The zero-order valence-electron chi connectivity index (χ0n) is 30.0. The third-order valence-electron chi connectivity index (χ3n) is 14.4. The molecular weight excluding hydrogens is 618 g/mol. The van der Waals surface area contributed by atoms with Crippen LogP contribution in [0, 0.1) is 50.2 Å². The number of hydrogen-bond acceptors (Lipinski definition) is 7. The Balaban J connectivity index is 1.34. The van der Waals surface area contributed by atoms with Gasteiger partial charge in [-0.05, 0) is 84.3 Å². The molecule has 0 spiro atoms. The van der Waals surface area contributed by atoms with Crippen molar-refractivity contribution in [2.24, 2.45) is 38.9 Å². The topological polar surface area (TPSA) is 137 Å². The Morgan fingerprint density at radius 2 is 1.73 bits per heavy atom. The lowest BCUT2D eigenvalue weighted by atomic mass is 9.33. The fourth-order valence-corrected chi connectivity index (χ4v) is 11.1. The highest BCUT2D eigenvalue weighted by Crippen LogP contribution is 2.74. The van der Waals surface area contributed by atoms with Gasteiger partial charge in [0.25, 0.3) is 0 Å². The summed E-state index contributed by atoms with van der Waals surface area (Å²) in [6.07, 6.45) is 8.40. The van der Waals surface area contributed by atoms with Crippen molar-refractivity contribution in [3.05, 3.63) is 59.2 Å². The van der Waals surface area contributed by atoms with Gasteiger partial charge < -0.3 is 20.1 Å². The number of carbonyl (C=O) groups is 4. The average molecular weight is 670 g/mol. The summed E-state index contributed by atoms with van der Waals surface area (Å²) in [6, 6.07) is 10.3. The fraction of sp³-hybridized carbons (Fsp3) is 0.625. The van der Waals surface area contributed by atoms with E-state index >= 15 is 0 Å². The van der Waals surface area contributed by atoms with Crippen molar-refractivity contribution in [1.82, 2.24) is 10.2 Å². The maximum atomic E-state index is 14.7. The molecule has 9 nitrogen and oxygen atoms in total.